The first-order valence-corrected chi connectivity index (χ1v) is 4.38. The molecule has 6 heteroatoms. The fraction of sp³-hybridized carbons (Fsp3) is 0.333. The van der Waals surface area contributed by atoms with E-state index in [9.17, 15) is 13.6 Å². The Labute approximate surface area is 90.0 Å². The average Bonchev–Trinajstić information content (AvgIpc) is 2.15. The lowest BCUT2D eigenvalue weighted by atomic mass is 10.1. The van der Waals surface area contributed by atoms with Gasteiger partial charge in [0.05, 0.1) is 12.7 Å². The van der Waals surface area contributed by atoms with Crippen LogP contribution in [0.25, 0.3) is 0 Å². The van der Waals surface area contributed by atoms with Crippen molar-refractivity contribution in [2.45, 2.75) is 13.3 Å². The number of halogens is 3. The maximum atomic E-state index is 12.6. The van der Waals surface area contributed by atoms with Gasteiger partial charge in [-0.15, -0.1) is 0 Å². The van der Waals surface area contributed by atoms with Crippen LogP contribution in [0.1, 0.15) is 28.0 Å². The molecule has 0 atom stereocenters. The van der Waals surface area contributed by atoms with Gasteiger partial charge in [-0.05, 0) is 30.2 Å². The van der Waals surface area contributed by atoms with Crippen LogP contribution in [0.15, 0.2) is 6.07 Å². The van der Waals surface area contributed by atoms with Gasteiger partial charge in [-0.3, -0.25) is 4.79 Å². The van der Waals surface area contributed by atoms with Crippen LogP contribution in [0.2, 0.25) is 0 Å². The molecular weight excluding hydrogens is 228 g/mol. The van der Waals surface area contributed by atoms with E-state index in [0.717, 1.165) is 0 Å². The fourth-order valence-electron chi connectivity index (χ4n) is 1.18. The normalized spacial score (nSPS) is 10.5. The number of rotatable bonds is 3. The Balaban J connectivity index is 3.37. The van der Waals surface area contributed by atoms with Gasteiger partial charge in [-0.25, -0.2) is 13.8 Å². The average molecular weight is 236 g/mol. The summed E-state index contributed by atoms with van der Waals surface area (Å²) in [6, 6.07) is 1.21. The molecular formula is C9H8ClF2NO2. The molecule has 0 aliphatic rings. The summed E-state index contributed by atoms with van der Waals surface area (Å²) in [4.78, 5) is 14.4. The number of aromatic nitrogens is 1. The zero-order valence-electron chi connectivity index (χ0n) is 8.05. The molecule has 0 saturated heterocycles. The number of hydrogen-bond acceptors (Lipinski definition) is 3. The molecule has 0 radical (unpaired) electrons. The number of nitrogens with zero attached hydrogens (tertiary/aromatic N) is 1. The SMILES string of the molecule is COc1nc(C(=O)Cl)cc(C)c1C(F)F. The molecule has 1 aromatic rings. The second kappa shape index (κ2) is 4.53. The van der Waals surface area contributed by atoms with Crippen LogP contribution in [0.5, 0.6) is 5.88 Å². The van der Waals surface area contributed by atoms with Gasteiger partial charge in [-0.2, -0.15) is 0 Å². The molecule has 1 heterocycles. The summed E-state index contributed by atoms with van der Waals surface area (Å²) < 4.78 is 29.8. The van der Waals surface area contributed by atoms with Crippen LogP contribution in [0.4, 0.5) is 8.78 Å². The number of aryl methyl sites for hydroxylation is 1. The third kappa shape index (κ3) is 2.41. The number of alkyl halides is 2. The molecule has 0 amide bonds. The molecule has 0 unspecified atom stereocenters. The third-order valence-corrected chi connectivity index (χ3v) is 2.04. The van der Waals surface area contributed by atoms with Crippen molar-refractivity contribution in [2.75, 3.05) is 7.11 Å². The molecule has 0 aliphatic carbocycles. The summed E-state index contributed by atoms with van der Waals surface area (Å²) in [6.07, 6.45) is -2.70. The topological polar surface area (TPSA) is 39.2 Å². The van der Waals surface area contributed by atoms with Gasteiger partial charge in [-0.1, -0.05) is 0 Å². The quantitative estimate of drug-likeness (QED) is 0.756. The van der Waals surface area contributed by atoms with E-state index in [1.807, 2.05) is 0 Å². The monoisotopic (exact) mass is 235 g/mol. The minimum Gasteiger partial charge on any atom is -0.481 e. The van der Waals surface area contributed by atoms with Crippen molar-refractivity contribution in [1.29, 1.82) is 0 Å². The van der Waals surface area contributed by atoms with Crippen LogP contribution in [-0.2, 0) is 0 Å². The van der Waals surface area contributed by atoms with Gasteiger partial charge in [0, 0.05) is 0 Å². The molecule has 0 aromatic carbocycles. The molecule has 0 saturated carbocycles. The highest BCUT2D eigenvalue weighted by molar-refractivity contribution is 6.67. The Hall–Kier alpha value is -1.23. The van der Waals surface area contributed by atoms with Crippen LogP contribution in [0.3, 0.4) is 0 Å². The van der Waals surface area contributed by atoms with E-state index in [1.165, 1.54) is 20.1 Å². The van der Waals surface area contributed by atoms with Crippen LogP contribution in [0, 0.1) is 6.92 Å². The lowest BCUT2D eigenvalue weighted by molar-refractivity contribution is 0.107. The van der Waals surface area contributed by atoms with Crippen molar-refractivity contribution in [2.24, 2.45) is 0 Å². The van der Waals surface area contributed by atoms with Crippen LogP contribution in [-0.4, -0.2) is 17.3 Å². The summed E-state index contributed by atoms with van der Waals surface area (Å²) in [5, 5.41) is -0.808. The number of carbonyl (C=O) groups is 1. The van der Waals surface area contributed by atoms with Gasteiger partial charge in [0.1, 0.15) is 5.69 Å². The largest absolute Gasteiger partial charge is 0.481 e. The Bertz CT molecular complexity index is 396. The minimum atomic E-state index is -2.70. The molecule has 0 bridgehead atoms. The van der Waals surface area contributed by atoms with Crippen molar-refractivity contribution in [1.82, 2.24) is 4.98 Å². The molecule has 3 nitrogen and oxygen atoms in total. The van der Waals surface area contributed by atoms with E-state index in [-0.39, 0.29) is 22.7 Å². The Morgan fingerprint density at radius 2 is 2.20 bits per heavy atom. The second-order valence-corrected chi connectivity index (χ2v) is 3.17. The number of ether oxygens (including phenoxy) is 1. The lowest BCUT2D eigenvalue weighted by Crippen LogP contribution is -2.04. The first-order chi connectivity index (χ1) is 6.97. The van der Waals surface area contributed by atoms with Gasteiger partial charge in [0.15, 0.2) is 0 Å². The van der Waals surface area contributed by atoms with Gasteiger partial charge < -0.3 is 4.74 Å². The highest BCUT2D eigenvalue weighted by Gasteiger charge is 2.20. The lowest BCUT2D eigenvalue weighted by Gasteiger charge is -2.10. The van der Waals surface area contributed by atoms with E-state index >= 15 is 0 Å². The highest BCUT2D eigenvalue weighted by atomic mass is 35.5. The van der Waals surface area contributed by atoms with Crippen molar-refractivity contribution >= 4 is 16.8 Å². The minimum absolute atomic E-state index is 0.101. The van der Waals surface area contributed by atoms with E-state index in [4.69, 9.17) is 11.6 Å². The molecule has 1 rings (SSSR count). The highest BCUT2D eigenvalue weighted by Crippen LogP contribution is 2.30. The van der Waals surface area contributed by atoms with E-state index in [2.05, 4.69) is 9.72 Å². The molecule has 0 spiro atoms. The molecule has 0 N–H and O–H groups in total. The smallest absolute Gasteiger partial charge is 0.270 e. The van der Waals surface area contributed by atoms with Crippen molar-refractivity contribution in [3.8, 4) is 5.88 Å². The van der Waals surface area contributed by atoms with Gasteiger partial charge >= 0.3 is 0 Å². The second-order valence-electron chi connectivity index (χ2n) is 2.82. The molecule has 1 aromatic heterocycles. The Kier molecular flexibility index (Phi) is 3.57. The predicted molar refractivity (Wildman–Crippen MR) is 50.7 cm³/mol. The number of carbonyl (C=O) groups excluding carboxylic acids is 1. The fourth-order valence-corrected chi connectivity index (χ4v) is 1.27. The van der Waals surface area contributed by atoms with Crippen molar-refractivity contribution in [3.05, 3.63) is 22.9 Å². The van der Waals surface area contributed by atoms with Crippen LogP contribution < -0.4 is 4.74 Å². The van der Waals surface area contributed by atoms with E-state index < -0.39 is 11.7 Å². The summed E-state index contributed by atoms with van der Waals surface area (Å²) >= 11 is 5.19. The summed E-state index contributed by atoms with van der Waals surface area (Å²) in [7, 11) is 1.20. The zero-order chi connectivity index (χ0) is 11.6. The first-order valence-electron chi connectivity index (χ1n) is 4.01. The van der Waals surface area contributed by atoms with Gasteiger partial charge in [0.25, 0.3) is 11.7 Å². The summed E-state index contributed by atoms with van der Waals surface area (Å²) in [5.74, 6) is -0.269. The van der Waals surface area contributed by atoms with Crippen molar-refractivity contribution < 1.29 is 18.3 Å². The molecule has 0 aliphatic heterocycles. The van der Waals surface area contributed by atoms with E-state index in [1.54, 1.807) is 0 Å². The maximum absolute atomic E-state index is 12.6. The summed E-state index contributed by atoms with van der Waals surface area (Å²) in [5.41, 5.74) is -0.199. The van der Waals surface area contributed by atoms with E-state index in [0.29, 0.717) is 0 Å². The van der Waals surface area contributed by atoms with Crippen molar-refractivity contribution in [3.63, 3.8) is 0 Å². The zero-order valence-corrected chi connectivity index (χ0v) is 8.81. The standard InChI is InChI=1S/C9H8ClF2NO2/c1-4-3-5(7(10)14)13-9(15-2)6(4)8(11)12/h3,8H,1-2H3. The number of hydrogen-bond donors (Lipinski definition) is 0. The Morgan fingerprint density at radius 3 is 2.60 bits per heavy atom. The molecule has 82 valence electrons. The predicted octanol–water partition coefficient (Wildman–Crippen LogP) is 2.72. The van der Waals surface area contributed by atoms with Gasteiger partial charge in [0.2, 0.25) is 5.88 Å². The number of pyridine rings is 1. The van der Waals surface area contributed by atoms with Crippen LogP contribution >= 0.6 is 11.6 Å². The Morgan fingerprint density at radius 1 is 1.60 bits per heavy atom. The maximum Gasteiger partial charge on any atom is 0.270 e. The third-order valence-electron chi connectivity index (χ3n) is 1.84. The molecule has 0 fully saturated rings. The molecule has 15 heavy (non-hydrogen) atoms. The first kappa shape index (κ1) is 11.8. The number of methoxy groups -OCH3 is 1. The summed E-state index contributed by atoms with van der Waals surface area (Å²) in [6.45, 7) is 1.44.